The van der Waals surface area contributed by atoms with Gasteiger partial charge in [-0.1, -0.05) is 23.7 Å². The molecule has 0 saturated heterocycles. The highest BCUT2D eigenvalue weighted by Crippen LogP contribution is 2.30. The van der Waals surface area contributed by atoms with Gasteiger partial charge in [0.15, 0.2) is 0 Å². The number of hydrogen-bond donors (Lipinski definition) is 3. The van der Waals surface area contributed by atoms with Crippen LogP contribution < -0.4 is 15.5 Å². The Labute approximate surface area is 210 Å². The minimum absolute atomic E-state index is 0.00861. The standard InChI is InChI=1S/C26H20ClN3O6/c1-2-36-26(35)15-9-11-19(12-10-15)30-24(33)21(27)22(25(30)34)28-17-6-3-5-16(13-17)23(32)29-18-7-4-8-20(31)14-18/h3-14,28,31H,2H2,1H3,(H,29,32). The Morgan fingerprint density at radius 2 is 1.61 bits per heavy atom. The number of phenolic OH excluding ortho intramolecular Hbond substituents is 1. The summed E-state index contributed by atoms with van der Waals surface area (Å²) in [7, 11) is 0. The summed E-state index contributed by atoms with van der Waals surface area (Å²) in [5, 5.41) is 14.7. The molecule has 1 aliphatic heterocycles. The first kappa shape index (κ1) is 24.5. The van der Waals surface area contributed by atoms with Crippen molar-refractivity contribution in [2.75, 3.05) is 22.1 Å². The molecule has 1 aliphatic rings. The van der Waals surface area contributed by atoms with Crippen molar-refractivity contribution in [3.05, 3.63) is 94.7 Å². The van der Waals surface area contributed by atoms with E-state index in [9.17, 15) is 24.3 Å². The number of aromatic hydroxyl groups is 1. The number of carbonyl (C=O) groups is 4. The highest BCUT2D eigenvalue weighted by atomic mass is 35.5. The molecule has 0 aromatic heterocycles. The van der Waals surface area contributed by atoms with Crippen LogP contribution in [0.15, 0.2) is 83.5 Å². The van der Waals surface area contributed by atoms with Gasteiger partial charge in [0.2, 0.25) is 0 Å². The van der Waals surface area contributed by atoms with Gasteiger partial charge >= 0.3 is 5.97 Å². The average molecular weight is 506 g/mol. The molecule has 0 bridgehead atoms. The number of benzene rings is 3. The van der Waals surface area contributed by atoms with E-state index in [2.05, 4.69) is 10.6 Å². The molecule has 0 fully saturated rings. The maximum absolute atomic E-state index is 13.1. The Kier molecular flexibility index (Phi) is 7.03. The van der Waals surface area contributed by atoms with Crippen LogP contribution >= 0.6 is 11.6 Å². The van der Waals surface area contributed by atoms with Gasteiger partial charge < -0.3 is 20.5 Å². The van der Waals surface area contributed by atoms with Crippen molar-refractivity contribution in [2.24, 2.45) is 0 Å². The van der Waals surface area contributed by atoms with Crippen LogP contribution in [0.1, 0.15) is 27.6 Å². The van der Waals surface area contributed by atoms with Crippen molar-refractivity contribution < 1.29 is 29.0 Å². The summed E-state index contributed by atoms with van der Waals surface area (Å²) < 4.78 is 4.94. The van der Waals surface area contributed by atoms with Crippen molar-refractivity contribution in [3.8, 4) is 5.75 Å². The Hall–Kier alpha value is -4.63. The van der Waals surface area contributed by atoms with Gasteiger partial charge in [-0.25, -0.2) is 9.69 Å². The summed E-state index contributed by atoms with van der Waals surface area (Å²) in [4.78, 5) is 51.2. The van der Waals surface area contributed by atoms with Crippen LogP contribution in [0.4, 0.5) is 17.1 Å². The molecule has 36 heavy (non-hydrogen) atoms. The average Bonchev–Trinajstić information content (AvgIpc) is 3.07. The molecule has 0 unspecified atom stereocenters. The van der Waals surface area contributed by atoms with Crippen molar-refractivity contribution in [2.45, 2.75) is 6.92 Å². The summed E-state index contributed by atoms with van der Waals surface area (Å²) in [5.41, 5.74) is 1.38. The molecule has 1 heterocycles. The second-order valence-electron chi connectivity index (χ2n) is 7.61. The zero-order chi connectivity index (χ0) is 25.8. The first-order valence-electron chi connectivity index (χ1n) is 10.8. The second kappa shape index (κ2) is 10.3. The van der Waals surface area contributed by atoms with Crippen molar-refractivity contribution in [1.29, 1.82) is 0 Å². The van der Waals surface area contributed by atoms with E-state index in [4.69, 9.17) is 16.3 Å². The second-order valence-corrected chi connectivity index (χ2v) is 7.99. The number of halogens is 1. The molecule has 3 aromatic rings. The van der Waals surface area contributed by atoms with E-state index in [0.29, 0.717) is 11.4 Å². The van der Waals surface area contributed by atoms with Gasteiger partial charge in [-0.15, -0.1) is 0 Å². The van der Waals surface area contributed by atoms with Crippen LogP contribution in [0.5, 0.6) is 5.75 Å². The van der Waals surface area contributed by atoms with Crippen LogP contribution in [-0.4, -0.2) is 35.4 Å². The fourth-order valence-corrected chi connectivity index (χ4v) is 3.69. The van der Waals surface area contributed by atoms with Gasteiger partial charge in [0.1, 0.15) is 16.5 Å². The number of phenols is 1. The third kappa shape index (κ3) is 5.06. The molecule has 3 aromatic carbocycles. The monoisotopic (exact) mass is 505 g/mol. The maximum Gasteiger partial charge on any atom is 0.338 e. The van der Waals surface area contributed by atoms with Crippen LogP contribution in [0, 0.1) is 0 Å². The largest absolute Gasteiger partial charge is 0.508 e. The third-order valence-electron chi connectivity index (χ3n) is 5.16. The Bertz CT molecular complexity index is 1400. The van der Waals surface area contributed by atoms with Gasteiger partial charge in [-0.05, 0) is 61.5 Å². The number of ether oxygens (including phenoxy) is 1. The minimum Gasteiger partial charge on any atom is -0.508 e. The third-order valence-corrected chi connectivity index (χ3v) is 5.51. The SMILES string of the molecule is CCOC(=O)c1ccc(N2C(=O)C(Cl)=C(Nc3cccc(C(=O)Nc4cccc(O)c4)c3)C2=O)cc1. The molecule has 0 saturated carbocycles. The fourth-order valence-electron chi connectivity index (χ4n) is 3.48. The first-order valence-corrected chi connectivity index (χ1v) is 11.2. The summed E-state index contributed by atoms with van der Waals surface area (Å²) in [6, 6.07) is 18.2. The smallest absolute Gasteiger partial charge is 0.338 e. The normalized spacial score (nSPS) is 13.1. The lowest BCUT2D eigenvalue weighted by atomic mass is 10.1. The van der Waals surface area contributed by atoms with Gasteiger partial charge in [0.25, 0.3) is 17.7 Å². The summed E-state index contributed by atoms with van der Waals surface area (Å²) >= 11 is 6.19. The molecule has 182 valence electrons. The van der Waals surface area contributed by atoms with Gasteiger partial charge in [0.05, 0.1) is 17.9 Å². The molecular formula is C26H20ClN3O6. The fraction of sp³-hybridized carbons (Fsp3) is 0.0769. The van der Waals surface area contributed by atoms with Crippen molar-refractivity contribution in [3.63, 3.8) is 0 Å². The molecule has 0 aliphatic carbocycles. The summed E-state index contributed by atoms with van der Waals surface area (Å²) in [5.74, 6) is -2.38. The van der Waals surface area contributed by atoms with Crippen molar-refractivity contribution in [1.82, 2.24) is 0 Å². The summed E-state index contributed by atoms with van der Waals surface area (Å²) in [6.45, 7) is 1.91. The predicted octanol–water partition coefficient (Wildman–Crippen LogP) is 4.26. The number of carbonyl (C=O) groups excluding carboxylic acids is 4. The number of esters is 1. The van der Waals surface area contributed by atoms with E-state index < -0.39 is 23.7 Å². The molecule has 3 amide bonds. The van der Waals surface area contributed by atoms with Crippen LogP contribution in [0.25, 0.3) is 0 Å². The zero-order valence-corrected chi connectivity index (χ0v) is 19.7. The molecule has 3 N–H and O–H groups in total. The number of nitrogens with zero attached hydrogens (tertiary/aromatic N) is 1. The Morgan fingerprint density at radius 3 is 2.31 bits per heavy atom. The summed E-state index contributed by atoms with van der Waals surface area (Å²) in [6.07, 6.45) is 0. The molecule has 9 nitrogen and oxygen atoms in total. The number of amides is 3. The quantitative estimate of drug-likeness (QED) is 0.323. The number of anilines is 3. The lowest BCUT2D eigenvalue weighted by Crippen LogP contribution is -2.32. The van der Waals surface area contributed by atoms with Gasteiger partial charge in [-0.3, -0.25) is 14.4 Å². The maximum atomic E-state index is 13.1. The van der Waals surface area contributed by atoms with Crippen LogP contribution in [0.2, 0.25) is 0 Å². The molecule has 4 rings (SSSR count). The topological polar surface area (TPSA) is 125 Å². The lowest BCUT2D eigenvalue weighted by molar-refractivity contribution is -0.120. The Balaban J connectivity index is 1.50. The molecule has 10 heteroatoms. The predicted molar refractivity (Wildman–Crippen MR) is 134 cm³/mol. The number of hydrogen-bond acceptors (Lipinski definition) is 7. The van der Waals surface area contributed by atoms with E-state index in [-0.39, 0.29) is 39.9 Å². The first-order chi connectivity index (χ1) is 17.3. The van der Waals surface area contributed by atoms with Crippen LogP contribution in [-0.2, 0) is 14.3 Å². The highest BCUT2D eigenvalue weighted by molar-refractivity contribution is 6.53. The minimum atomic E-state index is -0.731. The molecule has 0 radical (unpaired) electrons. The highest BCUT2D eigenvalue weighted by Gasteiger charge is 2.39. The molecule has 0 spiro atoms. The van der Waals surface area contributed by atoms with E-state index >= 15 is 0 Å². The van der Waals surface area contributed by atoms with Crippen molar-refractivity contribution >= 4 is 52.4 Å². The Morgan fingerprint density at radius 1 is 0.917 bits per heavy atom. The number of imide groups is 1. The van der Waals surface area contributed by atoms with Gasteiger partial charge in [-0.2, -0.15) is 0 Å². The van der Waals surface area contributed by atoms with Crippen LogP contribution in [0.3, 0.4) is 0 Å². The number of rotatable bonds is 7. The van der Waals surface area contributed by atoms with E-state index in [1.54, 1.807) is 37.3 Å². The number of nitrogens with one attached hydrogen (secondary N) is 2. The van der Waals surface area contributed by atoms with E-state index in [1.165, 1.54) is 42.5 Å². The van der Waals surface area contributed by atoms with E-state index in [1.807, 2.05) is 0 Å². The van der Waals surface area contributed by atoms with E-state index in [0.717, 1.165) is 4.90 Å². The zero-order valence-electron chi connectivity index (χ0n) is 18.9. The van der Waals surface area contributed by atoms with Gasteiger partial charge in [0, 0.05) is 23.0 Å². The lowest BCUT2D eigenvalue weighted by Gasteiger charge is -2.15. The molecular weight excluding hydrogens is 486 g/mol. The molecule has 0 atom stereocenters.